The lowest BCUT2D eigenvalue weighted by atomic mass is 10.2. The molecular formula is C19H16N2O2S. The number of rotatable bonds is 4. The normalized spacial score (nSPS) is 11.2. The summed E-state index contributed by atoms with van der Waals surface area (Å²) in [7, 11) is 0. The number of fused-ring (bicyclic) bond motifs is 2. The molecule has 2 heterocycles. The highest BCUT2D eigenvalue weighted by molar-refractivity contribution is 7.21. The third-order valence-electron chi connectivity index (χ3n) is 3.92. The van der Waals surface area contributed by atoms with Gasteiger partial charge in [-0.2, -0.15) is 0 Å². The second kappa shape index (κ2) is 6.09. The maximum atomic E-state index is 11.9. The molecule has 0 fully saturated rings. The summed E-state index contributed by atoms with van der Waals surface area (Å²) in [6.45, 7) is 2.42. The molecule has 4 aromatic rings. The van der Waals surface area contributed by atoms with E-state index in [1.54, 1.807) is 11.3 Å². The number of carbonyl (C=O) groups is 1. The van der Waals surface area contributed by atoms with E-state index in [9.17, 15) is 4.79 Å². The van der Waals surface area contributed by atoms with E-state index in [1.807, 2.05) is 54.1 Å². The third kappa shape index (κ3) is 2.57. The van der Waals surface area contributed by atoms with Crippen molar-refractivity contribution in [1.82, 2.24) is 9.55 Å². The predicted octanol–water partition coefficient (Wildman–Crippen LogP) is 4.48. The van der Waals surface area contributed by atoms with E-state index in [0.717, 1.165) is 31.7 Å². The van der Waals surface area contributed by atoms with Gasteiger partial charge in [-0.1, -0.05) is 30.3 Å². The lowest BCUT2D eigenvalue weighted by molar-refractivity contribution is -0.143. The summed E-state index contributed by atoms with van der Waals surface area (Å²) in [5, 5.41) is 2.07. The minimum absolute atomic E-state index is 0.208. The summed E-state index contributed by atoms with van der Waals surface area (Å²) in [5.41, 5.74) is 3.07. The van der Waals surface area contributed by atoms with Crippen molar-refractivity contribution in [3.8, 4) is 10.6 Å². The number of carbonyl (C=O) groups excluding carboxylic acids is 1. The van der Waals surface area contributed by atoms with Crippen molar-refractivity contribution in [2.75, 3.05) is 6.61 Å². The van der Waals surface area contributed by atoms with Crippen LogP contribution in [0.4, 0.5) is 0 Å². The van der Waals surface area contributed by atoms with Gasteiger partial charge < -0.3 is 9.30 Å². The maximum Gasteiger partial charge on any atom is 0.325 e. The summed E-state index contributed by atoms with van der Waals surface area (Å²) < 4.78 is 8.19. The molecule has 0 aliphatic rings. The lowest BCUT2D eigenvalue weighted by Crippen LogP contribution is -2.12. The van der Waals surface area contributed by atoms with Crippen molar-refractivity contribution < 1.29 is 9.53 Å². The zero-order valence-electron chi connectivity index (χ0n) is 13.2. The van der Waals surface area contributed by atoms with E-state index in [0.29, 0.717) is 6.61 Å². The number of aromatic nitrogens is 2. The molecule has 0 bridgehead atoms. The average molecular weight is 336 g/mol. The minimum Gasteiger partial charge on any atom is -0.465 e. The molecule has 5 heteroatoms. The Hall–Kier alpha value is -2.66. The monoisotopic (exact) mass is 336 g/mol. The highest BCUT2D eigenvalue weighted by Gasteiger charge is 2.15. The Morgan fingerprint density at radius 2 is 1.96 bits per heavy atom. The van der Waals surface area contributed by atoms with E-state index >= 15 is 0 Å². The largest absolute Gasteiger partial charge is 0.465 e. The molecule has 0 N–H and O–H groups in total. The number of hydrogen-bond donors (Lipinski definition) is 0. The molecular weight excluding hydrogens is 320 g/mol. The summed E-state index contributed by atoms with van der Waals surface area (Å²) in [6.07, 6.45) is 2.00. The molecule has 0 saturated heterocycles. The number of hydrogen-bond acceptors (Lipinski definition) is 4. The van der Waals surface area contributed by atoms with Crippen molar-refractivity contribution in [1.29, 1.82) is 0 Å². The van der Waals surface area contributed by atoms with Crippen molar-refractivity contribution in [2.24, 2.45) is 0 Å². The van der Waals surface area contributed by atoms with Crippen LogP contribution in [0.3, 0.4) is 0 Å². The van der Waals surface area contributed by atoms with E-state index in [1.165, 1.54) is 0 Å². The molecule has 0 spiro atoms. The van der Waals surface area contributed by atoms with Gasteiger partial charge in [0.05, 0.1) is 16.8 Å². The van der Waals surface area contributed by atoms with Crippen LogP contribution < -0.4 is 0 Å². The SMILES string of the molecule is CCOC(=O)Cn1cc(-c2nc3ccccc3s2)c2ccccc21. The molecule has 0 radical (unpaired) electrons. The first-order chi connectivity index (χ1) is 11.8. The van der Waals surface area contributed by atoms with E-state index < -0.39 is 0 Å². The fraction of sp³-hybridized carbons (Fsp3) is 0.158. The molecule has 2 aromatic heterocycles. The van der Waals surface area contributed by atoms with Gasteiger partial charge in [-0.3, -0.25) is 4.79 Å². The van der Waals surface area contributed by atoms with Crippen LogP contribution in [-0.2, 0) is 16.1 Å². The van der Waals surface area contributed by atoms with Crippen LogP contribution >= 0.6 is 11.3 Å². The standard InChI is InChI=1S/C19H16N2O2S/c1-2-23-18(22)12-21-11-14(13-7-3-5-9-16(13)21)19-20-15-8-4-6-10-17(15)24-19/h3-11H,2,12H2,1H3. The topological polar surface area (TPSA) is 44.1 Å². The van der Waals surface area contributed by atoms with Gasteiger partial charge >= 0.3 is 5.97 Å². The summed E-state index contributed by atoms with van der Waals surface area (Å²) in [5.74, 6) is -0.228. The van der Waals surface area contributed by atoms with Crippen LogP contribution in [0.5, 0.6) is 0 Å². The Morgan fingerprint density at radius 1 is 1.17 bits per heavy atom. The second-order valence-electron chi connectivity index (χ2n) is 5.48. The predicted molar refractivity (Wildman–Crippen MR) is 97.2 cm³/mol. The van der Waals surface area contributed by atoms with Gasteiger partial charge in [0.2, 0.25) is 0 Å². The number of nitrogens with zero attached hydrogens (tertiary/aromatic N) is 2. The van der Waals surface area contributed by atoms with Crippen molar-refractivity contribution in [2.45, 2.75) is 13.5 Å². The van der Waals surface area contributed by atoms with Crippen molar-refractivity contribution in [3.63, 3.8) is 0 Å². The molecule has 2 aromatic carbocycles. The number of thiazole rings is 1. The number of para-hydroxylation sites is 2. The zero-order chi connectivity index (χ0) is 16.5. The average Bonchev–Trinajstić information content (AvgIpc) is 3.17. The van der Waals surface area contributed by atoms with Gasteiger partial charge in [0.25, 0.3) is 0 Å². The Balaban J connectivity index is 1.84. The Bertz CT molecular complexity index is 999. The van der Waals surface area contributed by atoms with Crippen LogP contribution in [0.2, 0.25) is 0 Å². The molecule has 24 heavy (non-hydrogen) atoms. The van der Waals surface area contributed by atoms with Crippen LogP contribution in [0, 0.1) is 0 Å². The lowest BCUT2D eigenvalue weighted by Gasteiger charge is -2.04. The minimum atomic E-state index is -0.228. The molecule has 0 saturated carbocycles. The van der Waals surface area contributed by atoms with Gasteiger partial charge in [0.15, 0.2) is 0 Å². The Kier molecular flexibility index (Phi) is 3.78. The van der Waals surface area contributed by atoms with Crippen LogP contribution in [0.25, 0.3) is 31.7 Å². The van der Waals surface area contributed by atoms with Gasteiger partial charge in [0, 0.05) is 22.7 Å². The maximum absolute atomic E-state index is 11.9. The van der Waals surface area contributed by atoms with Gasteiger partial charge in [-0.15, -0.1) is 11.3 Å². The zero-order valence-corrected chi connectivity index (χ0v) is 14.0. The second-order valence-corrected chi connectivity index (χ2v) is 6.51. The highest BCUT2D eigenvalue weighted by atomic mass is 32.1. The van der Waals surface area contributed by atoms with Gasteiger partial charge in [0.1, 0.15) is 11.6 Å². The molecule has 0 atom stereocenters. The fourth-order valence-corrected chi connectivity index (χ4v) is 3.87. The summed E-state index contributed by atoms with van der Waals surface area (Å²) >= 11 is 1.67. The first kappa shape index (κ1) is 14.9. The first-order valence-electron chi connectivity index (χ1n) is 7.85. The van der Waals surface area contributed by atoms with Crippen molar-refractivity contribution >= 4 is 38.4 Å². The third-order valence-corrected chi connectivity index (χ3v) is 4.99. The Morgan fingerprint density at radius 3 is 2.79 bits per heavy atom. The summed E-state index contributed by atoms with van der Waals surface area (Å²) in [6, 6.07) is 16.2. The smallest absolute Gasteiger partial charge is 0.325 e. The molecule has 120 valence electrons. The van der Waals surface area contributed by atoms with Crippen LogP contribution in [0.1, 0.15) is 6.92 Å². The summed E-state index contributed by atoms with van der Waals surface area (Å²) in [4.78, 5) is 16.6. The quantitative estimate of drug-likeness (QED) is 0.516. The number of esters is 1. The molecule has 4 nitrogen and oxygen atoms in total. The molecule has 4 rings (SSSR count). The molecule has 0 aliphatic carbocycles. The fourth-order valence-electron chi connectivity index (χ4n) is 2.88. The van der Waals surface area contributed by atoms with Crippen LogP contribution in [-0.4, -0.2) is 22.1 Å². The van der Waals surface area contributed by atoms with Crippen LogP contribution in [0.15, 0.2) is 54.7 Å². The number of ether oxygens (including phenoxy) is 1. The van der Waals surface area contributed by atoms with Gasteiger partial charge in [-0.05, 0) is 25.1 Å². The van der Waals surface area contributed by atoms with E-state index in [2.05, 4.69) is 12.1 Å². The van der Waals surface area contributed by atoms with E-state index in [-0.39, 0.29) is 12.5 Å². The van der Waals surface area contributed by atoms with Gasteiger partial charge in [-0.25, -0.2) is 4.98 Å². The van der Waals surface area contributed by atoms with Crippen molar-refractivity contribution in [3.05, 3.63) is 54.7 Å². The van der Waals surface area contributed by atoms with E-state index in [4.69, 9.17) is 9.72 Å². The first-order valence-corrected chi connectivity index (χ1v) is 8.67. The molecule has 0 amide bonds. The molecule has 0 unspecified atom stereocenters. The highest BCUT2D eigenvalue weighted by Crippen LogP contribution is 2.35. The Labute approximate surface area is 143 Å². The number of benzene rings is 2. The molecule has 0 aliphatic heterocycles.